The summed E-state index contributed by atoms with van der Waals surface area (Å²) in [5.74, 6) is -1.27. The second-order valence-electron chi connectivity index (χ2n) is 4.31. The number of carboxylic acid groups (broad SMARTS) is 1. The molecule has 1 atom stereocenters. The Morgan fingerprint density at radius 2 is 2.05 bits per heavy atom. The molecule has 0 spiro atoms. The Hall–Kier alpha value is -2.30. The van der Waals surface area contributed by atoms with Crippen LogP contribution in [0.3, 0.4) is 0 Å². The second-order valence-corrected chi connectivity index (χ2v) is 4.31. The van der Waals surface area contributed by atoms with Crippen molar-refractivity contribution in [3.63, 3.8) is 0 Å². The van der Waals surface area contributed by atoms with Crippen LogP contribution >= 0.6 is 0 Å². The Morgan fingerprint density at radius 1 is 1.32 bits per heavy atom. The number of carboxylic acids is 1. The molecule has 1 aliphatic heterocycles. The van der Waals surface area contributed by atoms with Crippen molar-refractivity contribution in [2.45, 2.75) is 18.9 Å². The summed E-state index contributed by atoms with van der Waals surface area (Å²) in [5.41, 5.74) is 0.846. The lowest BCUT2D eigenvalue weighted by molar-refractivity contribution is -0.133. The molecule has 1 aromatic rings. The van der Waals surface area contributed by atoms with Gasteiger partial charge in [-0.2, -0.15) is 10.2 Å². The fourth-order valence-electron chi connectivity index (χ4n) is 1.86. The van der Waals surface area contributed by atoms with Crippen LogP contribution in [0.2, 0.25) is 0 Å². The number of nitrogens with zero attached hydrogens (tertiary/aromatic N) is 2. The molecule has 1 aliphatic rings. The topological polar surface area (TPSA) is 79.1 Å². The molecule has 0 saturated carbocycles. The maximum atomic E-state index is 11.9. The Balaban J connectivity index is 2.12. The van der Waals surface area contributed by atoms with E-state index in [-0.39, 0.29) is 17.8 Å². The van der Waals surface area contributed by atoms with Crippen LogP contribution in [0.5, 0.6) is 0 Å². The number of carbonyl (C=O) groups is 2. The van der Waals surface area contributed by atoms with Crippen molar-refractivity contribution in [1.29, 1.82) is 0 Å². The minimum Gasteiger partial charge on any atom is -0.478 e. The van der Waals surface area contributed by atoms with Gasteiger partial charge in [0.2, 0.25) is 0 Å². The number of azo groups is 1. The third kappa shape index (κ3) is 3.58. The van der Waals surface area contributed by atoms with Gasteiger partial charge in [-0.25, -0.2) is 4.79 Å². The van der Waals surface area contributed by atoms with Gasteiger partial charge in [-0.3, -0.25) is 4.79 Å². The maximum Gasteiger partial charge on any atom is 0.332 e. The lowest BCUT2D eigenvalue weighted by Gasteiger charge is -2.05. The summed E-state index contributed by atoms with van der Waals surface area (Å²) in [5, 5.41) is 16.7. The van der Waals surface area contributed by atoms with Crippen LogP contribution in [-0.2, 0) is 9.59 Å². The second kappa shape index (κ2) is 6.04. The van der Waals surface area contributed by atoms with Crippen LogP contribution in [0.4, 0.5) is 0 Å². The van der Waals surface area contributed by atoms with Gasteiger partial charge in [0.15, 0.2) is 5.78 Å². The van der Waals surface area contributed by atoms with E-state index in [2.05, 4.69) is 10.2 Å². The number of aliphatic carboxylic acids is 1. The summed E-state index contributed by atoms with van der Waals surface area (Å²) < 4.78 is 0. The molecule has 98 valence electrons. The minimum absolute atomic E-state index is 0.0818. The van der Waals surface area contributed by atoms with Crippen molar-refractivity contribution < 1.29 is 14.7 Å². The number of Topliss-reactive ketones (excluding diaryl/α,β-unsaturated/α-hetero) is 1. The standard InChI is InChI=1S/C14H14N2O3/c17-13(12-6-7-15-16-12)9-11(14(18)19)8-10-4-2-1-3-5-10/h1-5,8,12H,6-7,9H2,(H,18,19). The SMILES string of the molecule is O=C(O)C(=Cc1ccccc1)CC(=O)C1CCN=N1. The Morgan fingerprint density at radius 3 is 2.63 bits per heavy atom. The van der Waals surface area contributed by atoms with Gasteiger partial charge in [-0.05, 0) is 18.1 Å². The molecule has 1 aromatic carbocycles. The number of hydrogen-bond donors (Lipinski definition) is 1. The molecule has 0 radical (unpaired) electrons. The highest BCUT2D eigenvalue weighted by Gasteiger charge is 2.23. The van der Waals surface area contributed by atoms with Crippen LogP contribution < -0.4 is 0 Å². The lowest BCUT2D eigenvalue weighted by Crippen LogP contribution is -2.18. The van der Waals surface area contributed by atoms with Gasteiger partial charge >= 0.3 is 5.97 Å². The van der Waals surface area contributed by atoms with Crippen LogP contribution in [0.25, 0.3) is 6.08 Å². The third-order valence-corrected chi connectivity index (χ3v) is 2.88. The van der Waals surface area contributed by atoms with E-state index in [1.807, 2.05) is 18.2 Å². The zero-order valence-corrected chi connectivity index (χ0v) is 10.3. The van der Waals surface area contributed by atoms with E-state index >= 15 is 0 Å². The molecule has 0 aromatic heterocycles. The van der Waals surface area contributed by atoms with Gasteiger partial charge in [-0.15, -0.1) is 0 Å². The van der Waals surface area contributed by atoms with E-state index in [9.17, 15) is 9.59 Å². The largest absolute Gasteiger partial charge is 0.478 e. The number of hydrogen-bond acceptors (Lipinski definition) is 4. The van der Waals surface area contributed by atoms with Crippen molar-refractivity contribution in [2.24, 2.45) is 10.2 Å². The molecule has 2 rings (SSSR count). The fourth-order valence-corrected chi connectivity index (χ4v) is 1.86. The summed E-state index contributed by atoms with van der Waals surface area (Å²) in [6.45, 7) is 0.543. The van der Waals surface area contributed by atoms with Gasteiger partial charge < -0.3 is 5.11 Å². The zero-order valence-electron chi connectivity index (χ0n) is 10.3. The molecular weight excluding hydrogens is 244 g/mol. The van der Waals surface area contributed by atoms with Crippen LogP contribution in [0.15, 0.2) is 46.1 Å². The number of benzene rings is 1. The van der Waals surface area contributed by atoms with Gasteiger partial charge in [0.25, 0.3) is 0 Å². The van der Waals surface area contributed by atoms with E-state index in [0.717, 1.165) is 5.56 Å². The molecule has 0 aliphatic carbocycles. The van der Waals surface area contributed by atoms with E-state index in [0.29, 0.717) is 13.0 Å². The first-order valence-corrected chi connectivity index (χ1v) is 6.05. The molecule has 0 saturated heterocycles. The van der Waals surface area contributed by atoms with Gasteiger partial charge in [0.1, 0.15) is 6.04 Å². The van der Waals surface area contributed by atoms with Gasteiger partial charge in [0, 0.05) is 12.0 Å². The molecule has 1 unspecified atom stereocenters. The fraction of sp³-hybridized carbons (Fsp3) is 0.286. The molecule has 0 bridgehead atoms. The first-order valence-electron chi connectivity index (χ1n) is 6.05. The van der Waals surface area contributed by atoms with Crippen LogP contribution in [0, 0.1) is 0 Å². The van der Waals surface area contributed by atoms with Crippen molar-refractivity contribution in [2.75, 3.05) is 6.54 Å². The first-order chi connectivity index (χ1) is 9.16. The summed E-state index contributed by atoms with van der Waals surface area (Å²) in [7, 11) is 0. The van der Waals surface area contributed by atoms with Gasteiger partial charge in [-0.1, -0.05) is 30.3 Å². The van der Waals surface area contributed by atoms with Crippen molar-refractivity contribution >= 4 is 17.8 Å². The van der Waals surface area contributed by atoms with Crippen molar-refractivity contribution in [3.05, 3.63) is 41.5 Å². The summed E-state index contributed by atoms with van der Waals surface area (Å²) in [4.78, 5) is 23.1. The quantitative estimate of drug-likeness (QED) is 0.823. The molecular formula is C14H14N2O3. The molecule has 0 fully saturated rings. The summed E-state index contributed by atoms with van der Waals surface area (Å²) >= 11 is 0. The van der Waals surface area contributed by atoms with Gasteiger partial charge in [0.05, 0.1) is 6.54 Å². The predicted octanol–water partition coefficient (Wildman–Crippen LogP) is 2.34. The van der Waals surface area contributed by atoms with Crippen molar-refractivity contribution in [3.8, 4) is 0 Å². The molecule has 5 nitrogen and oxygen atoms in total. The Bertz CT molecular complexity index is 535. The highest BCUT2D eigenvalue weighted by Crippen LogP contribution is 2.16. The highest BCUT2D eigenvalue weighted by molar-refractivity contribution is 6.00. The number of ketones is 1. The molecule has 1 N–H and O–H groups in total. The average molecular weight is 258 g/mol. The van der Waals surface area contributed by atoms with E-state index in [1.54, 1.807) is 12.1 Å². The molecule has 1 heterocycles. The Kier molecular flexibility index (Phi) is 4.18. The van der Waals surface area contributed by atoms with E-state index in [1.165, 1.54) is 6.08 Å². The lowest BCUT2D eigenvalue weighted by atomic mass is 10.0. The smallest absolute Gasteiger partial charge is 0.332 e. The molecule has 5 heteroatoms. The van der Waals surface area contributed by atoms with Crippen molar-refractivity contribution in [1.82, 2.24) is 0 Å². The zero-order chi connectivity index (χ0) is 13.7. The third-order valence-electron chi connectivity index (χ3n) is 2.88. The number of carbonyl (C=O) groups excluding carboxylic acids is 1. The van der Waals surface area contributed by atoms with Crippen LogP contribution in [-0.4, -0.2) is 29.4 Å². The molecule has 0 amide bonds. The predicted molar refractivity (Wildman–Crippen MR) is 69.8 cm³/mol. The normalized spacial score (nSPS) is 18.5. The first kappa shape index (κ1) is 13.1. The maximum absolute atomic E-state index is 11.9. The van der Waals surface area contributed by atoms with E-state index in [4.69, 9.17) is 5.11 Å². The highest BCUT2D eigenvalue weighted by atomic mass is 16.4. The Labute approximate surface area is 110 Å². The molecule has 19 heavy (non-hydrogen) atoms. The summed E-state index contributed by atoms with van der Waals surface area (Å²) in [6.07, 6.45) is 1.98. The van der Waals surface area contributed by atoms with E-state index < -0.39 is 12.0 Å². The number of rotatable bonds is 5. The minimum atomic E-state index is -1.08. The monoisotopic (exact) mass is 258 g/mol. The summed E-state index contributed by atoms with van der Waals surface area (Å²) in [6, 6.07) is 8.60. The van der Waals surface area contributed by atoms with Crippen LogP contribution in [0.1, 0.15) is 18.4 Å². The average Bonchev–Trinajstić information content (AvgIpc) is 2.93.